The molecule has 0 spiro atoms. The standard InChI is InChI=1S/C19H18ClN3O/c1-2-11-21-19-22-17(12-14-7-4-3-5-8-14)18(24)23(19)16-10-6-9-15(20)13-16/h3-10,12-13H,2,11H2,1H3,(H,21,22)/b17-12+. The Kier molecular flexibility index (Phi) is 4.96. The first kappa shape index (κ1) is 16.3. The molecule has 0 saturated carbocycles. The van der Waals surface area contributed by atoms with E-state index in [0.29, 0.717) is 28.9 Å². The third kappa shape index (κ3) is 3.49. The number of carbonyl (C=O) groups is 1. The maximum Gasteiger partial charge on any atom is 0.281 e. The predicted molar refractivity (Wildman–Crippen MR) is 99.1 cm³/mol. The van der Waals surface area contributed by atoms with Crippen LogP contribution in [0.5, 0.6) is 0 Å². The zero-order valence-electron chi connectivity index (χ0n) is 13.4. The van der Waals surface area contributed by atoms with Gasteiger partial charge in [0.25, 0.3) is 5.91 Å². The lowest BCUT2D eigenvalue weighted by molar-refractivity contribution is -0.113. The van der Waals surface area contributed by atoms with Gasteiger partial charge in [0.05, 0.1) is 5.69 Å². The number of hydrogen-bond donors (Lipinski definition) is 1. The van der Waals surface area contributed by atoms with Crippen LogP contribution < -0.4 is 10.2 Å². The van der Waals surface area contributed by atoms with E-state index in [4.69, 9.17) is 11.6 Å². The third-order valence-electron chi connectivity index (χ3n) is 3.55. The van der Waals surface area contributed by atoms with E-state index in [1.807, 2.05) is 55.5 Å². The van der Waals surface area contributed by atoms with Gasteiger partial charge in [0.2, 0.25) is 5.96 Å². The highest BCUT2D eigenvalue weighted by Gasteiger charge is 2.33. The lowest BCUT2D eigenvalue weighted by Crippen LogP contribution is -2.32. The number of nitrogens with zero attached hydrogens (tertiary/aromatic N) is 2. The van der Waals surface area contributed by atoms with Gasteiger partial charge in [0.15, 0.2) is 0 Å². The van der Waals surface area contributed by atoms with Crippen LogP contribution in [0.3, 0.4) is 0 Å². The van der Waals surface area contributed by atoms with Crippen molar-refractivity contribution in [3.8, 4) is 0 Å². The molecule has 1 heterocycles. The molecule has 4 nitrogen and oxygen atoms in total. The molecular formula is C19H18ClN3O. The number of guanidine groups is 1. The number of hydrogen-bond acceptors (Lipinski definition) is 2. The van der Waals surface area contributed by atoms with Crippen LogP contribution in [0, 0.1) is 0 Å². The molecule has 0 atom stereocenters. The summed E-state index contributed by atoms with van der Waals surface area (Å²) in [7, 11) is 0. The van der Waals surface area contributed by atoms with E-state index in [9.17, 15) is 4.79 Å². The van der Waals surface area contributed by atoms with Crippen molar-refractivity contribution in [2.45, 2.75) is 13.3 Å². The van der Waals surface area contributed by atoms with Crippen LogP contribution in [0.2, 0.25) is 5.02 Å². The van der Waals surface area contributed by atoms with Crippen molar-refractivity contribution in [3.63, 3.8) is 0 Å². The minimum absolute atomic E-state index is 0.143. The van der Waals surface area contributed by atoms with Gasteiger partial charge in [0, 0.05) is 11.6 Å². The Morgan fingerprint density at radius 1 is 1.17 bits per heavy atom. The van der Waals surface area contributed by atoms with Gasteiger partial charge in [-0.2, -0.15) is 0 Å². The molecule has 1 saturated heterocycles. The van der Waals surface area contributed by atoms with Crippen LogP contribution in [-0.2, 0) is 4.79 Å². The summed E-state index contributed by atoms with van der Waals surface area (Å²) in [5, 5.41) is 3.72. The highest BCUT2D eigenvalue weighted by Crippen LogP contribution is 2.25. The molecule has 1 aliphatic heterocycles. The van der Waals surface area contributed by atoms with E-state index in [1.54, 1.807) is 17.0 Å². The topological polar surface area (TPSA) is 44.7 Å². The van der Waals surface area contributed by atoms with Crippen molar-refractivity contribution in [2.75, 3.05) is 11.4 Å². The van der Waals surface area contributed by atoms with Crippen molar-refractivity contribution < 1.29 is 4.79 Å². The second-order valence-electron chi connectivity index (χ2n) is 5.42. The van der Waals surface area contributed by atoms with E-state index in [1.165, 1.54) is 0 Å². The molecule has 1 fully saturated rings. The fourth-order valence-electron chi connectivity index (χ4n) is 2.44. The number of aliphatic imine (C=N–C) groups is 1. The molecule has 5 heteroatoms. The molecule has 0 aliphatic carbocycles. The smallest absolute Gasteiger partial charge is 0.281 e. The number of benzene rings is 2. The number of anilines is 1. The highest BCUT2D eigenvalue weighted by atomic mass is 35.5. The summed E-state index contributed by atoms with van der Waals surface area (Å²) in [6, 6.07) is 16.9. The Balaban J connectivity index is 1.99. The first-order valence-corrected chi connectivity index (χ1v) is 8.25. The van der Waals surface area contributed by atoms with Crippen molar-refractivity contribution >= 4 is 35.2 Å². The van der Waals surface area contributed by atoms with Gasteiger partial charge >= 0.3 is 0 Å². The van der Waals surface area contributed by atoms with Crippen molar-refractivity contribution in [1.29, 1.82) is 0 Å². The Morgan fingerprint density at radius 2 is 1.96 bits per heavy atom. The Hall–Kier alpha value is -2.59. The summed E-state index contributed by atoms with van der Waals surface area (Å²) in [6.07, 6.45) is 2.73. The van der Waals surface area contributed by atoms with E-state index < -0.39 is 0 Å². The molecule has 0 radical (unpaired) electrons. The molecular weight excluding hydrogens is 322 g/mol. The van der Waals surface area contributed by atoms with Crippen molar-refractivity contribution in [1.82, 2.24) is 5.32 Å². The number of halogens is 1. The van der Waals surface area contributed by atoms with Crippen LogP contribution in [0.15, 0.2) is 65.3 Å². The summed E-state index contributed by atoms with van der Waals surface area (Å²) >= 11 is 6.08. The first-order chi connectivity index (χ1) is 11.7. The van der Waals surface area contributed by atoms with Gasteiger partial charge in [-0.05, 0) is 36.3 Å². The summed E-state index contributed by atoms with van der Waals surface area (Å²) < 4.78 is 0. The SMILES string of the molecule is CCCN=C1N/C(=C/c2ccccc2)C(=O)N1c1cccc(Cl)c1. The molecule has 0 unspecified atom stereocenters. The summed E-state index contributed by atoms with van der Waals surface area (Å²) in [5.41, 5.74) is 2.15. The van der Waals surface area contributed by atoms with Gasteiger partial charge in [-0.15, -0.1) is 0 Å². The second-order valence-corrected chi connectivity index (χ2v) is 5.86. The second kappa shape index (κ2) is 7.32. The fraction of sp³-hybridized carbons (Fsp3) is 0.158. The van der Waals surface area contributed by atoms with Gasteiger partial charge < -0.3 is 5.32 Å². The zero-order chi connectivity index (χ0) is 16.9. The number of rotatable bonds is 4. The highest BCUT2D eigenvalue weighted by molar-refractivity contribution is 6.32. The van der Waals surface area contributed by atoms with E-state index in [0.717, 1.165) is 12.0 Å². The maximum absolute atomic E-state index is 12.9. The van der Waals surface area contributed by atoms with Crippen molar-refractivity contribution in [2.24, 2.45) is 4.99 Å². The largest absolute Gasteiger partial charge is 0.321 e. The zero-order valence-corrected chi connectivity index (χ0v) is 14.1. The molecule has 24 heavy (non-hydrogen) atoms. The van der Waals surface area contributed by atoms with Crippen LogP contribution in [0.25, 0.3) is 6.08 Å². The molecule has 2 aromatic rings. The first-order valence-electron chi connectivity index (χ1n) is 7.87. The fourth-order valence-corrected chi connectivity index (χ4v) is 2.63. The molecule has 1 amide bonds. The third-order valence-corrected chi connectivity index (χ3v) is 3.79. The van der Waals surface area contributed by atoms with Crippen molar-refractivity contribution in [3.05, 3.63) is 70.9 Å². The molecule has 2 aromatic carbocycles. The molecule has 3 rings (SSSR count). The van der Waals surface area contributed by atoms with E-state index >= 15 is 0 Å². The quantitative estimate of drug-likeness (QED) is 0.853. The maximum atomic E-state index is 12.9. The van der Waals surface area contributed by atoms with Crippen LogP contribution >= 0.6 is 11.6 Å². The van der Waals surface area contributed by atoms with Gasteiger partial charge in [-0.1, -0.05) is 54.9 Å². The van der Waals surface area contributed by atoms with Gasteiger partial charge in [-0.25, -0.2) is 4.90 Å². The number of nitrogens with one attached hydrogen (secondary N) is 1. The minimum atomic E-state index is -0.143. The van der Waals surface area contributed by atoms with Gasteiger partial charge in [0.1, 0.15) is 5.70 Å². The molecule has 1 aliphatic rings. The number of carbonyl (C=O) groups excluding carboxylic acids is 1. The average molecular weight is 340 g/mol. The summed E-state index contributed by atoms with van der Waals surface area (Å²) in [6.45, 7) is 2.69. The van der Waals surface area contributed by atoms with Crippen LogP contribution in [-0.4, -0.2) is 18.4 Å². The number of amides is 1. The molecule has 1 N–H and O–H groups in total. The summed E-state index contributed by atoms with van der Waals surface area (Å²) in [4.78, 5) is 18.9. The Morgan fingerprint density at radius 3 is 2.67 bits per heavy atom. The normalized spacial score (nSPS) is 17.6. The minimum Gasteiger partial charge on any atom is -0.321 e. The Bertz CT molecular complexity index is 799. The Labute approximate surface area is 146 Å². The lowest BCUT2D eigenvalue weighted by atomic mass is 10.2. The molecule has 122 valence electrons. The van der Waals surface area contributed by atoms with E-state index in [2.05, 4.69) is 10.3 Å². The van der Waals surface area contributed by atoms with Crippen LogP contribution in [0.1, 0.15) is 18.9 Å². The molecule has 0 aromatic heterocycles. The monoisotopic (exact) mass is 339 g/mol. The lowest BCUT2D eigenvalue weighted by Gasteiger charge is -2.15. The average Bonchev–Trinajstić information content (AvgIpc) is 2.89. The molecule has 0 bridgehead atoms. The van der Waals surface area contributed by atoms with Gasteiger partial charge in [-0.3, -0.25) is 9.79 Å². The van der Waals surface area contributed by atoms with Crippen LogP contribution in [0.4, 0.5) is 5.69 Å². The predicted octanol–water partition coefficient (Wildman–Crippen LogP) is 4.08. The van der Waals surface area contributed by atoms with E-state index in [-0.39, 0.29) is 5.91 Å². The summed E-state index contributed by atoms with van der Waals surface area (Å²) in [5.74, 6) is 0.391.